The summed E-state index contributed by atoms with van der Waals surface area (Å²) in [5, 5.41) is 5.84. The summed E-state index contributed by atoms with van der Waals surface area (Å²) in [6, 6.07) is 0.0351. The van der Waals surface area contributed by atoms with E-state index in [-0.39, 0.29) is 35.2 Å². The summed E-state index contributed by atoms with van der Waals surface area (Å²) in [5.74, 6) is 0. The van der Waals surface area contributed by atoms with Gasteiger partial charge < -0.3 is 20.1 Å². The van der Waals surface area contributed by atoms with Crippen LogP contribution < -0.4 is 10.6 Å². The summed E-state index contributed by atoms with van der Waals surface area (Å²) in [7, 11) is 0. The van der Waals surface area contributed by atoms with Crippen molar-refractivity contribution in [3.8, 4) is 0 Å². The van der Waals surface area contributed by atoms with Crippen molar-refractivity contribution in [2.75, 3.05) is 6.54 Å². The number of alkyl carbamates (subject to hydrolysis) is 2. The van der Waals surface area contributed by atoms with Crippen LogP contribution in [0.4, 0.5) is 9.59 Å². The highest BCUT2D eigenvalue weighted by atomic mass is 16.6. The van der Waals surface area contributed by atoms with E-state index in [9.17, 15) is 9.59 Å². The van der Waals surface area contributed by atoms with E-state index in [1.54, 1.807) is 0 Å². The minimum absolute atomic E-state index is 0.0351. The lowest BCUT2D eigenvalue weighted by Gasteiger charge is -2.46. The minimum atomic E-state index is -0.390. The van der Waals surface area contributed by atoms with Crippen molar-refractivity contribution in [1.82, 2.24) is 10.6 Å². The Morgan fingerprint density at radius 2 is 1.54 bits per heavy atom. The predicted octanol–water partition coefficient (Wildman–Crippen LogP) is 3.84. The molecule has 2 amide bonds. The van der Waals surface area contributed by atoms with Crippen LogP contribution in [0.3, 0.4) is 0 Å². The molecule has 140 valence electrons. The summed E-state index contributed by atoms with van der Waals surface area (Å²) in [4.78, 5) is 23.7. The van der Waals surface area contributed by atoms with Gasteiger partial charge in [-0.3, -0.25) is 0 Å². The van der Waals surface area contributed by atoms with Crippen molar-refractivity contribution in [3.63, 3.8) is 0 Å². The molecule has 2 atom stereocenters. The molecule has 0 spiro atoms. The minimum Gasteiger partial charge on any atom is -0.447 e. The normalized spacial score (nSPS) is 26.1. The van der Waals surface area contributed by atoms with Crippen LogP contribution in [0.1, 0.15) is 67.7 Å². The molecule has 6 nitrogen and oxygen atoms in total. The molecule has 0 saturated heterocycles. The Morgan fingerprint density at radius 3 is 2.08 bits per heavy atom. The highest BCUT2D eigenvalue weighted by Crippen LogP contribution is 2.45. The van der Waals surface area contributed by atoms with Gasteiger partial charge in [0, 0.05) is 12.6 Å². The van der Waals surface area contributed by atoms with Gasteiger partial charge in [0.2, 0.25) is 0 Å². The Hall–Kier alpha value is -1.46. The van der Waals surface area contributed by atoms with Gasteiger partial charge in [-0.05, 0) is 57.8 Å². The van der Waals surface area contributed by atoms with E-state index in [1.165, 1.54) is 0 Å². The Kier molecular flexibility index (Phi) is 6.93. The van der Waals surface area contributed by atoms with E-state index in [0.29, 0.717) is 6.54 Å². The van der Waals surface area contributed by atoms with Crippen LogP contribution in [0.5, 0.6) is 0 Å². The van der Waals surface area contributed by atoms with Gasteiger partial charge in [0.1, 0.15) is 0 Å². The van der Waals surface area contributed by atoms with Gasteiger partial charge in [0.25, 0.3) is 0 Å². The fraction of sp³-hybridized carbons (Fsp3) is 0.889. The van der Waals surface area contributed by atoms with Crippen molar-refractivity contribution in [1.29, 1.82) is 0 Å². The summed E-state index contributed by atoms with van der Waals surface area (Å²) < 4.78 is 10.3. The first kappa shape index (κ1) is 20.6. The molecule has 24 heavy (non-hydrogen) atoms. The number of nitrogens with one attached hydrogen (secondary N) is 2. The molecule has 1 aliphatic carbocycles. The molecular weight excluding hydrogens is 308 g/mol. The predicted molar refractivity (Wildman–Crippen MR) is 93.9 cm³/mol. The molecule has 6 heteroatoms. The standard InChI is InChI=1S/C18H34N2O4/c1-12(2)23-15(21)19-11-18(7)9-14(8-17(5,6)10-18)20-16(22)24-13(3)4/h12-14H,8-11H2,1-7H3,(H,19,21)(H,20,22). The van der Waals surface area contributed by atoms with Crippen molar-refractivity contribution in [3.05, 3.63) is 0 Å². The fourth-order valence-corrected chi connectivity index (χ4v) is 3.83. The number of rotatable bonds is 5. The molecule has 0 bridgehead atoms. The molecule has 1 rings (SSSR count). The zero-order chi connectivity index (χ0) is 18.5. The lowest BCUT2D eigenvalue weighted by atomic mass is 9.62. The fourth-order valence-electron chi connectivity index (χ4n) is 3.83. The van der Waals surface area contributed by atoms with Crippen LogP contribution in [0, 0.1) is 10.8 Å². The maximum Gasteiger partial charge on any atom is 0.407 e. The first-order valence-corrected chi connectivity index (χ1v) is 8.82. The first-order valence-electron chi connectivity index (χ1n) is 8.82. The molecule has 2 N–H and O–H groups in total. The second-order valence-corrected chi connectivity index (χ2v) is 8.66. The highest BCUT2D eigenvalue weighted by Gasteiger charge is 2.42. The molecule has 0 aromatic carbocycles. The van der Waals surface area contributed by atoms with Crippen LogP contribution in [0.25, 0.3) is 0 Å². The zero-order valence-corrected chi connectivity index (χ0v) is 16.2. The maximum atomic E-state index is 11.9. The third kappa shape index (κ3) is 7.41. The SMILES string of the molecule is CC(C)OC(=O)NCC1(C)CC(NC(=O)OC(C)C)CC(C)(C)C1. The number of carbonyl (C=O) groups is 2. The summed E-state index contributed by atoms with van der Waals surface area (Å²) in [6.07, 6.45) is 1.62. The third-order valence-electron chi connectivity index (χ3n) is 4.11. The second kappa shape index (κ2) is 8.08. The highest BCUT2D eigenvalue weighted by molar-refractivity contribution is 5.68. The number of ether oxygens (including phenoxy) is 2. The van der Waals surface area contributed by atoms with Gasteiger partial charge in [-0.1, -0.05) is 20.8 Å². The van der Waals surface area contributed by atoms with E-state index in [2.05, 4.69) is 31.4 Å². The summed E-state index contributed by atoms with van der Waals surface area (Å²) >= 11 is 0. The van der Waals surface area contributed by atoms with Crippen LogP contribution in [-0.4, -0.2) is 37.0 Å². The lowest BCUT2D eigenvalue weighted by Crippen LogP contribution is -2.50. The smallest absolute Gasteiger partial charge is 0.407 e. The molecule has 0 radical (unpaired) electrons. The molecule has 1 saturated carbocycles. The maximum absolute atomic E-state index is 11.9. The van der Waals surface area contributed by atoms with Crippen LogP contribution in [0.15, 0.2) is 0 Å². The largest absolute Gasteiger partial charge is 0.447 e. The van der Waals surface area contributed by atoms with E-state index >= 15 is 0 Å². The number of amides is 2. The number of hydrogen-bond acceptors (Lipinski definition) is 4. The second-order valence-electron chi connectivity index (χ2n) is 8.66. The van der Waals surface area contributed by atoms with Crippen molar-refractivity contribution >= 4 is 12.2 Å². The van der Waals surface area contributed by atoms with Gasteiger partial charge in [0.05, 0.1) is 12.2 Å². The van der Waals surface area contributed by atoms with Crippen molar-refractivity contribution in [2.45, 2.75) is 86.0 Å². The topological polar surface area (TPSA) is 76.7 Å². The molecule has 0 aliphatic heterocycles. The summed E-state index contributed by atoms with van der Waals surface area (Å²) in [5.41, 5.74) is -0.0278. The molecule has 0 aromatic rings. The average Bonchev–Trinajstić information content (AvgIpc) is 2.31. The molecule has 0 aromatic heterocycles. The van der Waals surface area contributed by atoms with E-state index in [4.69, 9.17) is 9.47 Å². The van der Waals surface area contributed by atoms with Gasteiger partial charge in [-0.15, -0.1) is 0 Å². The van der Waals surface area contributed by atoms with Gasteiger partial charge in [-0.25, -0.2) is 9.59 Å². The van der Waals surface area contributed by atoms with E-state index in [0.717, 1.165) is 19.3 Å². The Bertz CT molecular complexity index is 448. The van der Waals surface area contributed by atoms with Gasteiger partial charge >= 0.3 is 12.2 Å². The van der Waals surface area contributed by atoms with Crippen molar-refractivity contribution < 1.29 is 19.1 Å². The quantitative estimate of drug-likeness (QED) is 0.796. The number of hydrogen-bond donors (Lipinski definition) is 2. The lowest BCUT2D eigenvalue weighted by molar-refractivity contribution is 0.0557. The van der Waals surface area contributed by atoms with Crippen molar-refractivity contribution in [2.24, 2.45) is 10.8 Å². The Labute approximate surface area is 146 Å². The van der Waals surface area contributed by atoms with Crippen LogP contribution >= 0.6 is 0 Å². The monoisotopic (exact) mass is 342 g/mol. The van der Waals surface area contributed by atoms with Crippen LogP contribution in [0.2, 0.25) is 0 Å². The molecule has 0 heterocycles. The third-order valence-corrected chi connectivity index (χ3v) is 4.11. The first-order chi connectivity index (χ1) is 10.9. The van der Waals surface area contributed by atoms with E-state index in [1.807, 2.05) is 27.7 Å². The van der Waals surface area contributed by atoms with Crippen LogP contribution in [-0.2, 0) is 9.47 Å². The van der Waals surface area contributed by atoms with E-state index < -0.39 is 6.09 Å². The number of carbonyl (C=O) groups excluding carboxylic acids is 2. The van der Waals surface area contributed by atoms with Gasteiger partial charge in [0.15, 0.2) is 0 Å². The molecule has 1 fully saturated rings. The Morgan fingerprint density at radius 1 is 1.00 bits per heavy atom. The molecular formula is C18H34N2O4. The molecule has 1 aliphatic rings. The zero-order valence-electron chi connectivity index (χ0n) is 16.2. The molecule has 2 unspecified atom stereocenters. The average molecular weight is 342 g/mol. The van der Waals surface area contributed by atoms with Gasteiger partial charge in [-0.2, -0.15) is 0 Å². The Balaban J connectivity index is 2.65. The summed E-state index contributed by atoms with van der Waals surface area (Å²) in [6.45, 7) is 14.4.